The third-order valence-electron chi connectivity index (χ3n) is 1.74. The number of amides is 1. The molecule has 0 spiro atoms. The minimum Gasteiger partial charge on any atom is -0.396 e. The molecule has 1 atom stereocenters. The molecule has 0 aromatic heterocycles. The van der Waals surface area contributed by atoms with Gasteiger partial charge in [-0.3, -0.25) is 9.59 Å². The molecule has 0 radical (unpaired) electrons. The van der Waals surface area contributed by atoms with Gasteiger partial charge in [0.2, 0.25) is 5.91 Å². The van der Waals surface area contributed by atoms with E-state index in [1.165, 1.54) is 6.92 Å². The highest BCUT2D eigenvalue weighted by molar-refractivity contribution is 5.96. The zero-order chi connectivity index (χ0) is 10.3. The van der Waals surface area contributed by atoms with Crippen molar-refractivity contribution < 1.29 is 14.7 Å². The van der Waals surface area contributed by atoms with Crippen LogP contribution in [0.5, 0.6) is 0 Å². The molecule has 0 heterocycles. The first-order valence-corrected chi connectivity index (χ1v) is 4.49. The number of hydrogen-bond acceptors (Lipinski definition) is 3. The van der Waals surface area contributed by atoms with E-state index in [9.17, 15) is 9.59 Å². The second-order valence-corrected chi connectivity index (χ2v) is 3.06. The van der Waals surface area contributed by atoms with Gasteiger partial charge < -0.3 is 10.4 Å². The number of ketones is 1. The maximum Gasteiger partial charge on any atom is 0.227 e. The normalized spacial score (nSPS) is 12.2. The van der Waals surface area contributed by atoms with Crippen LogP contribution >= 0.6 is 0 Å². The van der Waals surface area contributed by atoms with Gasteiger partial charge in [-0.15, -0.1) is 0 Å². The lowest BCUT2D eigenvalue weighted by Gasteiger charge is -2.14. The SMILES string of the molecule is CCC(CCO)NC(=O)CC(C)=O. The van der Waals surface area contributed by atoms with E-state index < -0.39 is 0 Å². The number of hydrogen-bond donors (Lipinski definition) is 2. The Balaban J connectivity index is 3.79. The summed E-state index contributed by atoms with van der Waals surface area (Å²) in [5, 5.41) is 11.3. The number of rotatable bonds is 6. The van der Waals surface area contributed by atoms with Crippen LogP contribution in [-0.2, 0) is 9.59 Å². The average molecular weight is 187 g/mol. The molecule has 0 aromatic carbocycles. The van der Waals surface area contributed by atoms with Crippen molar-refractivity contribution in [2.24, 2.45) is 0 Å². The van der Waals surface area contributed by atoms with Crippen LogP contribution in [0.15, 0.2) is 0 Å². The zero-order valence-corrected chi connectivity index (χ0v) is 8.17. The fourth-order valence-electron chi connectivity index (χ4n) is 1.04. The van der Waals surface area contributed by atoms with Gasteiger partial charge in [-0.1, -0.05) is 6.92 Å². The fraction of sp³-hybridized carbons (Fsp3) is 0.778. The Morgan fingerprint density at radius 2 is 2.08 bits per heavy atom. The quantitative estimate of drug-likeness (QED) is 0.585. The van der Waals surface area contributed by atoms with Gasteiger partial charge in [0.1, 0.15) is 5.78 Å². The van der Waals surface area contributed by atoms with E-state index in [2.05, 4.69) is 5.32 Å². The van der Waals surface area contributed by atoms with Crippen LogP contribution < -0.4 is 5.32 Å². The van der Waals surface area contributed by atoms with E-state index in [-0.39, 0.29) is 30.8 Å². The molecule has 0 aromatic rings. The molecule has 4 nitrogen and oxygen atoms in total. The number of aliphatic hydroxyl groups excluding tert-OH is 1. The van der Waals surface area contributed by atoms with E-state index in [1.807, 2.05) is 6.92 Å². The lowest BCUT2D eigenvalue weighted by molar-refractivity contribution is -0.127. The largest absolute Gasteiger partial charge is 0.396 e. The van der Waals surface area contributed by atoms with Gasteiger partial charge in [-0.05, 0) is 19.8 Å². The van der Waals surface area contributed by atoms with E-state index in [0.717, 1.165) is 6.42 Å². The van der Waals surface area contributed by atoms with Gasteiger partial charge in [-0.2, -0.15) is 0 Å². The molecular weight excluding hydrogens is 170 g/mol. The van der Waals surface area contributed by atoms with E-state index in [0.29, 0.717) is 6.42 Å². The van der Waals surface area contributed by atoms with Gasteiger partial charge >= 0.3 is 0 Å². The maximum absolute atomic E-state index is 11.1. The minimum atomic E-state index is -0.257. The molecule has 76 valence electrons. The molecule has 0 saturated heterocycles. The van der Waals surface area contributed by atoms with Crippen LogP contribution in [-0.4, -0.2) is 29.4 Å². The smallest absolute Gasteiger partial charge is 0.227 e. The van der Waals surface area contributed by atoms with Crippen molar-refractivity contribution in [3.8, 4) is 0 Å². The molecule has 1 unspecified atom stereocenters. The third kappa shape index (κ3) is 6.28. The maximum atomic E-state index is 11.1. The summed E-state index contributed by atoms with van der Waals surface area (Å²) in [7, 11) is 0. The second kappa shape index (κ2) is 6.60. The molecule has 2 N–H and O–H groups in total. The summed E-state index contributed by atoms with van der Waals surface area (Å²) >= 11 is 0. The lowest BCUT2D eigenvalue weighted by atomic mass is 10.1. The predicted octanol–water partition coefficient (Wildman–Crippen LogP) is 0.243. The first-order chi connectivity index (χ1) is 6.10. The van der Waals surface area contributed by atoms with Crippen LogP contribution in [0.4, 0.5) is 0 Å². The summed E-state index contributed by atoms with van der Waals surface area (Å²) in [6.45, 7) is 3.36. The van der Waals surface area contributed by atoms with Crippen molar-refractivity contribution in [1.29, 1.82) is 0 Å². The summed E-state index contributed by atoms with van der Waals surface area (Å²) in [4.78, 5) is 21.7. The third-order valence-corrected chi connectivity index (χ3v) is 1.74. The highest BCUT2D eigenvalue weighted by atomic mass is 16.3. The Morgan fingerprint density at radius 3 is 2.46 bits per heavy atom. The molecule has 4 heteroatoms. The van der Waals surface area contributed by atoms with Crippen molar-refractivity contribution in [1.82, 2.24) is 5.32 Å². The summed E-state index contributed by atoms with van der Waals surface area (Å²) in [6.07, 6.45) is 1.24. The van der Waals surface area contributed by atoms with Crippen LogP contribution in [0.3, 0.4) is 0 Å². The Bertz CT molecular complexity index is 180. The molecule has 0 saturated carbocycles. The predicted molar refractivity (Wildman–Crippen MR) is 49.2 cm³/mol. The summed E-state index contributed by atoms with van der Waals surface area (Å²) in [5.74, 6) is -0.399. The molecule has 0 rings (SSSR count). The van der Waals surface area contributed by atoms with Crippen LogP contribution in [0.25, 0.3) is 0 Å². The molecule has 0 aliphatic heterocycles. The number of Topliss-reactive ketones (excluding diaryl/α,β-unsaturated/α-hetero) is 1. The molecule has 0 aliphatic rings. The molecule has 0 aliphatic carbocycles. The standard InChI is InChI=1S/C9H17NO3/c1-3-8(4-5-11)10-9(13)6-7(2)12/h8,11H,3-6H2,1-2H3,(H,10,13). The van der Waals surface area contributed by atoms with Gasteiger partial charge in [0, 0.05) is 12.6 Å². The summed E-state index contributed by atoms with van der Waals surface area (Å²) in [5.41, 5.74) is 0. The van der Waals surface area contributed by atoms with Crippen molar-refractivity contribution in [2.75, 3.05) is 6.61 Å². The highest BCUT2D eigenvalue weighted by Gasteiger charge is 2.10. The van der Waals surface area contributed by atoms with Crippen molar-refractivity contribution >= 4 is 11.7 Å². The Morgan fingerprint density at radius 1 is 1.46 bits per heavy atom. The first-order valence-electron chi connectivity index (χ1n) is 4.49. The Labute approximate surface area is 78.3 Å². The van der Waals surface area contributed by atoms with Gasteiger partial charge in [0.15, 0.2) is 0 Å². The summed E-state index contributed by atoms with van der Waals surface area (Å²) in [6, 6.07) is -0.0168. The molecular formula is C9H17NO3. The average Bonchev–Trinajstić information content (AvgIpc) is 2.02. The monoisotopic (exact) mass is 187 g/mol. The number of aliphatic hydroxyl groups is 1. The highest BCUT2D eigenvalue weighted by Crippen LogP contribution is 1.97. The zero-order valence-electron chi connectivity index (χ0n) is 8.17. The molecule has 0 bridgehead atoms. The molecule has 13 heavy (non-hydrogen) atoms. The topological polar surface area (TPSA) is 66.4 Å². The fourth-order valence-corrected chi connectivity index (χ4v) is 1.04. The van der Waals surface area contributed by atoms with E-state index >= 15 is 0 Å². The van der Waals surface area contributed by atoms with Crippen LogP contribution in [0, 0.1) is 0 Å². The first kappa shape index (κ1) is 12.1. The minimum absolute atomic E-state index is 0.0168. The van der Waals surface area contributed by atoms with Crippen molar-refractivity contribution in [3.05, 3.63) is 0 Å². The Hall–Kier alpha value is -0.900. The molecule has 0 fully saturated rings. The van der Waals surface area contributed by atoms with Crippen LogP contribution in [0.2, 0.25) is 0 Å². The van der Waals surface area contributed by atoms with Crippen LogP contribution in [0.1, 0.15) is 33.1 Å². The number of carbonyl (C=O) groups excluding carboxylic acids is 2. The van der Waals surface area contributed by atoms with E-state index in [1.54, 1.807) is 0 Å². The van der Waals surface area contributed by atoms with Gasteiger partial charge in [-0.25, -0.2) is 0 Å². The van der Waals surface area contributed by atoms with Crippen molar-refractivity contribution in [3.63, 3.8) is 0 Å². The number of carbonyl (C=O) groups is 2. The Kier molecular flexibility index (Phi) is 6.14. The summed E-state index contributed by atoms with van der Waals surface area (Å²) < 4.78 is 0. The molecule has 1 amide bonds. The second-order valence-electron chi connectivity index (χ2n) is 3.06. The van der Waals surface area contributed by atoms with Gasteiger partial charge in [0.05, 0.1) is 6.42 Å². The van der Waals surface area contributed by atoms with Gasteiger partial charge in [0.25, 0.3) is 0 Å². The van der Waals surface area contributed by atoms with Crippen molar-refractivity contribution in [2.45, 2.75) is 39.2 Å². The number of nitrogens with one attached hydrogen (secondary N) is 1. The lowest BCUT2D eigenvalue weighted by Crippen LogP contribution is -2.35. The van der Waals surface area contributed by atoms with E-state index in [4.69, 9.17) is 5.11 Å².